The van der Waals surface area contributed by atoms with Gasteiger partial charge in [-0.25, -0.2) is 9.78 Å². The van der Waals surface area contributed by atoms with Gasteiger partial charge in [-0.2, -0.15) is 0 Å². The number of esters is 2. The highest BCUT2D eigenvalue weighted by Crippen LogP contribution is 2.55. The molecule has 0 bridgehead atoms. The van der Waals surface area contributed by atoms with Crippen molar-refractivity contribution in [3.05, 3.63) is 34.5 Å². The Balaban J connectivity index is 1.33. The summed E-state index contributed by atoms with van der Waals surface area (Å²) in [6.45, 7) is 18.8. The van der Waals surface area contributed by atoms with Gasteiger partial charge in [0.05, 0.1) is 36.8 Å². The fourth-order valence-electron chi connectivity index (χ4n) is 7.43. The van der Waals surface area contributed by atoms with Gasteiger partial charge in [0.15, 0.2) is 5.82 Å². The number of hydrogen-bond acceptors (Lipinski definition) is 11. The number of nitrogens with zero attached hydrogens (tertiary/aromatic N) is 6. The number of rotatable bonds is 13. The standard InChI is InChI=1S/C35H52N6O5S/c1-8-37(9-2)25-15-16-27(38(10-3)11-4)36-33(25)40-19-17-39(18-20-40)28(42)21-29-41-23(6)30(34(43)45-7)31(24-13-14-24)32(26(41)22-47-29)35(44)46-12-5/h15-16,22,24,29,31-32H,8-14,17-21H2,1-7H3. The minimum absolute atomic E-state index is 0.0648. The van der Waals surface area contributed by atoms with Crippen LogP contribution in [0.15, 0.2) is 34.5 Å². The zero-order chi connectivity index (χ0) is 33.8. The largest absolute Gasteiger partial charge is 0.466 e. The number of hydrogen-bond donors (Lipinski definition) is 0. The molecule has 0 aromatic carbocycles. The summed E-state index contributed by atoms with van der Waals surface area (Å²) < 4.78 is 10.8. The topological polar surface area (TPSA) is 98.8 Å². The lowest BCUT2D eigenvalue weighted by Crippen LogP contribution is -2.51. The van der Waals surface area contributed by atoms with Gasteiger partial charge in [-0.1, -0.05) is 0 Å². The van der Waals surface area contributed by atoms with E-state index in [0.29, 0.717) is 31.8 Å². The molecule has 1 saturated carbocycles. The first kappa shape index (κ1) is 34.9. The number of methoxy groups -OCH3 is 1. The van der Waals surface area contributed by atoms with Crippen molar-refractivity contribution in [3.8, 4) is 0 Å². The predicted molar refractivity (Wildman–Crippen MR) is 187 cm³/mol. The number of thioether (sulfide) groups is 1. The van der Waals surface area contributed by atoms with Crippen LogP contribution >= 0.6 is 11.8 Å². The van der Waals surface area contributed by atoms with Crippen LogP contribution in [-0.4, -0.2) is 104 Å². The molecule has 3 unspecified atom stereocenters. The Kier molecular flexibility index (Phi) is 11.3. The van der Waals surface area contributed by atoms with E-state index >= 15 is 0 Å². The van der Waals surface area contributed by atoms with Gasteiger partial charge in [0, 0.05) is 69.7 Å². The first-order chi connectivity index (χ1) is 22.7. The first-order valence-corrected chi connectivity index (χ1v) is 18.3. The average molecular weight is 669 g/mol. The Morgan fingerprint density at radius 1 is 0.957 bits per heavy atom. The lowest BCUT2D eigenvalue weighted by molar-refractivity contribution is -0.149. The Morgan fingerprint density at radius 3 is 2.19 bits per heavy atom. The molecule has 47 heavy (non-hydrogen) atoms. The van der Waals surface area contributed by atoms with Crippen LogP contribution in [-0.2, 0) is 23.9 Å². The number of fused-ring (bicyclic) bond motifs is 1. The van der Waals surface area contributed by atoms with Crippen LogP contribution in [0.5, 0.6) is 0 Å². The van der Waals surface area contributed by atoms with Gasteiger partial charge >= 0.3 is 11.9 Å². The zero-order valence-electron chi connectivity index (χ0n) is 29.2. The zero-order valence-corrected chi connectivity index (χ0v) is 30.0. The Morgan fingerprint density at radius 2 is 1.62 bits per heavy atom. The van der Waals surface area contributed by atoms with E-state index in [-0.39, 0.29) is 42.1 Å². The van der Waals surface area contributed by atoms with Gasteiger partial charge in [0.2, 0.25) is 5.91 Å². The van der Waals surface area contributed by atoms with E-state index in [1.165, 1.54) is 7.11 Å². The van der Waals surface area contributed by atoms with Crippen molar-refractivity contribution in [2.75, 3.05) is 80.8 Å². The number of allylic oxidation sites excluding steroid dienone is 1. The van der Waals surface area contributed by atoms with E-state index in [0.717, 1.165) is 67.7 Å². The lowest BCUT2D eigenvalue weighted by Gasteiger charge is -2.42. The SMILES string of the molecule is CCOC(=O)C1C2=CSC(CC(=O)N3CCN(c4nc(N(CC)CC)ccc4N(CC)CC)CC3)N2C(C)=C(C(=O)OC)C1C1CC1. The van der Waals surface area contributed by atoms with E-state index in [9.17, 15) is 14.4 Å². The summed E-state index contributed by atoms with van der Waals surface area (Å²) in [5.41, 5.74) is 3.28. The average Bonchev–Trinajstić information content (AvgIpc) is 3.85. The molecular formula is C35H52N6O5S. The van der Waals surface area contributed by atoms with Crippen LogP contribution in [0.25, 0.3) is 0 Å². The molecular weight excluding hydrogens is 616 g/mol. The fraction of sp³-hybridized carbons (Fsp3) is 0.657. The summed E-state index contributed by atoms with van der Waals surface area (Å²) in [5.74, 6) is 0.665. The van der Waals surface area contributed by atoms with Crippen molar-refractivity contribution in [2.24, 2.45) is 17.8 Å². The Labute approximate surface area is 284 Å². The molecule has 3 atom stereocenters. The molecule has 4 aliphatic rings. The van der Waals surface area contributed by atoms with Crippen LogP contribution in [0.3, 0.4) is 0 Å². The molecule has 5 rings (SSSR count). The molecule has 1 aromatic heterocycles. The van der Waals surface area contributed by atoms with Gasteiger partial charge in [-0.05, 0) is 77.8 Å². The van der Waals surface area contributed by atoms with Gasteiger partial charge in [0.1, 0.15) is 11.7 Å². The smallest absolute Gasteiger partial charge is 0.335 e. The molecule has 0 N–H and O–H groups in total. The third kappa shape index (κ3) is 6.93. The van der Waals surface area contributed by atoms with Crippen molar-refractivity contribution in [2.45, 2.75) is 66.2 Å². The maximum atomic E-state index is 13.9. The summed E-state index contributed by atoms with van der Waals surface area (Å²) in [4.78, 5) is 56.5. The number of ether oxygens (including phenoxy) is 2. The molecule has 0 spiro atoms. The van der Waals surface area contributed by atoms with Crippen LogP contribution < -0.4 is 14.7 Å². The maximum Gasteiger partial charge on any atom is 0.335 e. The summed E-state index contributed by atoms with van der Waals surface area (Å²) in [6, 6.07) is 4.31. The number of piperazine rings is 1. The molecule has 11 nitrogen and oxygen atoms in total. The minimum Gasteiger partial charge on any atom is -0.466 e. The van der Waals surface area contributed by atoms with Gasteiger partial charge in [0.25, 0.3) is 0 Å². The van der Waals surface area contributed by atoms with Crippen LogP contribution in [0, 0.1) is 17.8 Å². The molecule has 3 aliphatic heterocycles. The highest BCUT2D eigenvalue weighted by atomic mass is 32.2. The molecule has 12 heteroatoms. The number of amides is 1. The van der Waals surface area contributed by atoms with Gasteiger partial charge in [-0.3, -0.25) is 9.59 Å². The van der Waals surface area contributed by atoms with Crippen molar-refractivity contribution in [1.82, 2.24) is 14.8 Å². The second kappa shape index (κ2) is 15.2. The summed E-state index contributed by atoms with van der Waals surface area (Å²) in [7, 11) is 1.39. The van der Waals surface area contributed by atoms with Crippen LogP contribution in [0.1, 0.15) is 60.8 Å². The highest BCUT2D eigenvalue weighted by Gasteiger charge is 2.54. The fourth-order valence-corrected chi connectivity index (χ4v) is 8.62. The molecule has 1 aliphatic carbocycles. The number of pyridine rings is 1. The second-order valence-electron chi connectivity index (χ2n) is 12.5. The van der Waals surface area contributed by atoms with Gasteiger partial charge < -0.3 is 34.0 Å². The monoisotopic (exact) mass is 668 g/mol. The molecule has 2 fully saturated rings. The van der Waals surface area contributed by atoms with Crippen LogP contribution in [0.4, 0.5) is 17.3 Å². The van der Waals surface area contributed by atoms with Crippen LogP contribution in [0.2, 0.25) is 0 Å². The molecule has 0 radical (unpaired) electrons. The van der Waals surface area contributed by atoms with Crippen molar-refractivity contribution in [3.63, 3.8) is 0 Å². The maximum absolute atomic E-state index is 13.9. The molecule has 1 amide bonds. The minimum atomic E-state index is -0.587. The first-order valence-electron chi connectivity index (χ1n) is 17.4. The van der Waals surface area contributed by atoms with E-state index < -0.39 is 11.9 Å². The third-order valence-electron chi connectivity index (χ3n) is 10.1. The van der Waals surface area contributed by atoms with E-state index in [4.69, 9.17) is 14.5 Å². The van der Waals surface area contributed by atoms with Crippen molar-refractivity contribution in [1.29, 1.82) is 0 Å². The molecule has 1 aromatic rings. The second-order valence-corrected chi connectivity index (χ2v) is 13.6. The number of carbonyl (C=O) groups excluding carboxylic acids is 3. The summed E-state index contributed by atoms with van der Waals surface area (Å²) in [5, 5.41) is 1.75. The molecule has 4 heterocycles. The number of anilines is 3. The van der Waals surface area contributed by atoms with Crippen molar-refractivity contribution >= 4 is 46.9 Å². The summed E-state index contributed by atoms with van der Waals surface area (Å²) >= 11 is 1.55. The van der Waals surface area contributed by atoms with E-state index in [1.54, 1.807) is 18.7 Å². The van der Waals surface area contributed by atoms with Gasteiger partial charge in [-0.15, -0.1) is 11.8 Å². The Hall–Kier alpha value is -3.41. The predicted octanol–water partition coefficient (Wildman–Crippen LogP) is 4.70. The number of carbonyl (C=O) groups is 3. The quantitative estimate of drug-likeness (QED) is 0.274. The molecule has 1 saturated heterocycles. The normalized spacial score (nSPS) is 22.6. The molecule has 258 valence electrons. The highest BCUT2D eigenvalue weighted by molar-refractivity contribution is 8.03. The van der Waals surface area contributed by atoms with Crippen molar-refractivity contribution < 1.29 is 23.9 Å². The van der Waals surface area contributed by atoms with E-state index in [1.807, 2.05) is 22.1 Å². The Bertz CT molecular complexity index is 1380. The number of aromatic nitrogens is 1. The summed E-state index contributed by atoms with van der Waals surface area (Å²) in [6.07, 6.45) is 2.20. The third-order valence-corrected chi connectivity index (χ3v) is 11.1. The van der Waals surface area contributed by atoms with E-state index in [2.05, 4.69) is 54.5 Å². The lowest BCUT2D eigenvalue weighted by atomic mass is 9.76.